The van der Waals surface area contributed by atoms with Gasteiger partial charge in [0.25, 0.3) is 0 Å². The Morgan fingerprint density at radius 2 is 2.11 bits per heavy atom. The Kier molecular flexibility index (Phi) is 3.67. The molecule has 19 heavy (non-hydrogen) atoms. The number of aryl methyl sites for hydroxylation is 1. The Labute approximate surface area is 122 Å². The molecule has 4 heteroatoms. The van der Waals surface area contributed by atoms with Gasteiger partial charge in [-0.2, -0.15) is 0 Å². The van der Waals surface area contributed by atoms with E-state index in [9.17, 15) is 0 Å². The fourth-order valence-electron chi connectivity index (χ4n) is 2.60. The number of rotatable bonds is 2. The average molecular weight is 291 g/mol. The molecule has 3 rings (SSSR count). The van der Waals surface area contributed by atoms with Crippen molar-refractivity contribution >= 4 is 23.8 Å². The molecular weight excluding hydrogens is 276 g/mol. The molecule has 1 aliphatic carbocycles. The standard InChI is InChI=1S/C15H15ClN2S/c16-11-5-3-4-10(8-11)9-14-17-13-7-2-1-6-12(13)15(19)18-14/h3-5,8H,1-2,6-7,9H2,(H,17,18,19). The van der Waals surface area contributed by atoms with Gasteiger partial charge in [-0.3, -0.25) is 0 Å². The SMILES string of the molecule is S=c1nc(Cc2cccc(Cl)c2)[nH]c2c1CCCC2. The molecule has 0 saturated carbocycles. The molecule has 2 aromatic rings. The van der Waals surface area contributed by atoms with Gasteiger partial charge in [0.1, 0.15) is 10.5 Å². The molecule has 1 heterocycles. The Hall–Kier alpha value is -1.19. The van der Waals surface area contributed by atoms with E-state index in [1.165, 1.54) is 24.1 Å². The highest BCUT2D eigenvalue weighted by Gasteiger charge is 2.13. The van der Waals surface area contributed by atoms with Crippen molar-refractivity contribution in [3.8, 4) is 0 Å². The van der Waals surface area contributed by atoms with Crippen LogP contribution in [0.3, 0.4) is 0 Å². The van der Waals surface area contributed by atoms with E-state index >= 15 is 0 Å². The largest absolute Gasteiger partial charge is 0.347 e. The summed E-state index contributed by atoms with van der Waals surface area (Å²) in [6, 6.07) is 7.88. The van der Waals surface area contributed by atoms with Crippen molar-refractivity contribution in [1.82, 2.24) is 9.97 Å². The average Bonchev–Trinajstić information content (AvgIpc) is 2.39. The maximum absolute atomic E-state index is 6.01. The molecule has 0 amide bonds. The van der Waals surface area contributed by atoms with Gasteiger partial charge in [0, 0.05) is 22.7 Å². The van der Waals surface area contributed by atoms with Crippen LogP contribution < -0.4 is 0 Å². The Morgan fingerprint density at radius 1 is 1.26 bits per heavy atom. The third kappa shape index (κ3) is 2.88. The number of benzene rings is 1. The van der Waals surface area contributed by atoms with Crippen molar-refractivity contribution in [3.05, 3.63) is 56.6 Å². The number of hydrogen-bond acceptors (Lipinski definition) is 2. The summed E-state index contributed by atoms with van der Waals surface area (Å²) in [7, 11) is 0. The van der Waals surface area contributed by atoms with Gasteiger partial charge in [0.05, 0.1) is 0 Å². The molecular formula is C15H15ClN2S. The minimum Gasteiger partial charge on any atom is -0.347 e. The Morgan fingerprint density at radius 3 is 2.95 bits per heavy atom. The van der Waals surface area contributed by atoms with Gasteiger partial charge in [0.2, 0.25) is 0 Å². The lowest BCUT2D eigenvalue weighted by Crippen LogP contribution is -2.10. The number of H-pyrrole nitrogens is 1. The maximum atomic E-state index is 6.01. The van der Waals surface area contributed by atoms with Gasteiger partial charge in [-0.1, -0.05) is 36.0 Å². The summed E-state index contributed by atoms with van der Waals surface area (Å²) < 4.78 is 0.769. The molecule has 1 aromatic heterocycles. The zero-order chi connectivity index (χ0) is 13.2. The second-order valence-corrected chi connectivity index (χ2v) is 5.78. The van der Waals surface area contributed by atoms with Crippen LogP contribution in [0, 0.1) is 4.64 Å². The fraction of sp³-hybridized carbons (Fsp3) is 0.333. The van der Waals surface area contributed by atoms with E-state index in [4.69, 9.17) is 23.8 Å². The van der Waals surface area contributed by atoms with Crippen LogP contribution in [0.15, 0.2) is 24.3 Å². The number of aromatic amines is 1. The van der Waals surface area contributed by atoms with E-state index in [0.717, 1.165) is 40.3 Å². The lowest BCUT2D eigenvalue weighted by molar-refractivity contribution is 0.653. The second kappa shape index (κ2) is 5.43. The van der Waals surface area contributed by atoms with Crippen LogP contribution in [0.4, 0.5) is 0 Å². The molecule has 0 unspecified atom stereocenters. The minimum absolute atomic E-state index is 0.748. The first kappa shape index (κ1) is 12.8. The summed E-state index contributed by atoms with van der Waals surface area (Å²) in [6.45, 7) is 0. The first-order valence-electron chi connectivity index (χ1n) is 6.58. The van der Waals surface area contributed by atoms with E-state index in [1.807, 2.05) is 18.2 Å². The normalized spacial score (nSPS) is 14.2. The van der Waals surface area contributed by atoms with Crippen LogP contribution in [0.1, 0.15) is 35.5 Å². The summed E-state index contributed by atoms with van der Waals surface area (Å²) in [5.74, 6) is 0.938. The highest BCUT2D eigenvalue weighted by atomic mass is 35.5. The zero-order valence-corrected chi connectivity index (χ0v) is 12.2. The topological polar surface area (TPSA) is 28.7 Å². The predicted octanol–water partition coefficient (Wildman–Crippen LogP) is 4.26. The van der Waals surface area contributed by atoms with Crippen molar-refractivity contribution in [2.45, 2.75) is 32.1 Å². The summed E-state index contributed by atoms with van der Waals surface area (Å²) in [6.07, 6.45) is 5.36. The van der Waals surface area contributed by atoms with Gasteiger partial charge in [-0.05, 0) is 43.4 Å². The van der Waals surface area contributed by atoms with Crippen LogP contribution in [0.2, 0.25) is 5.02 Å². The summed E-state index contributed by atoms with van der Waals surface area (Å²) in [4.78, 5) is 7.98. The maximum Gasteiger partial charge on any atom is 0.133 e. The van der Waals surface area contributed by atoms with Crippen molar-refractivity contribution in [3.63, 3.8) is 0 Å². The number of halogens is 1. The molecule has 0 spiro atoms. The van der Waals surface area contributed by atoms with Gasteiger partial charge in [0.15, 0.2) is 0 Å². The first-order valence-corrected chi connectivity index (χ1v) is 7.36. The molecule has 0 fully saturated rings. The molecule has 0 atom stereocenters. The Balaban J connectivity index is 1.94. The lowest BCUT2D eigenvalue weighted by Gasteiger charge is -2.16. The fourth-order valence-corrected chi connectivity index (χ4v) is 3.14. The van der Waals surface area contributed by atoms with Gasteiger partial charge < -0.3 is 4.98 Å². The monoisotopic (exact) mass is 290 g/mol. The summed E-state index contributed by atoms with van der Waals surface area (Å²) >= 11 is 11.4. The number of fused-ring (bicyclic) bond motifs is 1. The van der Waals surface area contributed by atoms with Crippen molar-refractivity contribution in [2.75, 3.05) is 0 Å². The summed E-state index contributed by atoms with van der Waals surface area (Å²) in [5.41, 5.74) is 3.68. The van der Waals surface area contributed by atoms with Gasteiger partial charge >= 0.3 is 0 Å². The number of hydrogen-bond donors (Lipinski definition) is 1. The number of nitrogens with one attached hydrogen (secondary N) is 1. The molecule has 0 saturated heterocycles. The molecule has 1 aliphatic rings. The minimum atomic E-state index is 0.748. The zero-order valence-electron chi connectivity index (χ0n) is 10.6. The van der Waals surface area contributed by atoms with Gasteiger partial charge in [-0.15, -0.1) is 0 Å². The van der Waals surface area contributed by atoms with E-state index in [1.54, 1.807) is 0 Å². The highest BCUT2D eigenvalue weighted by Crippen LogP contribution is 2.21. The molecule has 0 bridgehead atoms. The third-order valence-electron chi connectivity index (χ3n) is 3.52. The van der Waals surface area contributed by atoms with Crippen molar-refractivity contribution in [2.24, 2.45) is 0 Å². The Bertz CT molecular complexity index is 663. The molecule has 2 nitrogen and oxygen atoms in total. The quantitative estimate of drug-likeness (QED) is 0.837. The van der Waals surface area contributed by atoms with E-state index in [-0.39, 0.29) is 0 Å². The smallest absolute Gasteiger partial charge is 0.133 e. The van der Waals surface area contributed by atoms with Crippen LogP contribution in [-0.4, -0.2) is 9.97 Å². The van der Waals surface area contributed by atoms with Crippen molar-refractivity contribution in [1.29, 1.82) is 0 Å². The van der Waals surface area contributed by atoms with Gasteiger partial charge in [-0.25, -0.2) is 4.98 Å². The molecule has 98 valence electrons. The molecule has 0 radical (unpaired) electrons. The van der Waals surface area contributed by atoms with E-state index < -0.39 is 0 Å². The van der Waals surface area contributed by atoms with Crippen LogP contribution in [0.25, 0.3) is 0 Å². The van der Waals surface area contributed by atoms with Crippen LogP contribution in [0.5, 0.6) is 0 Å². The van der Waals surface area contributed by atoms with Crippen LogP contribution in [-0.2, 0) is 19.3 Å². The highest BCUT2D eigenvalue weighted by molar-refractivity contribution is 7.71. The molecule has 1 N–H and O–H groups in total. The molecule has 0 aliphatic heterocycles. The second-order valence-electron chi connectivity index (χ2n) is 4.96. The lowest BCUT2D eigenvalue weighted by atomic mass is 9.97. The van der Waals surface area contributed by atoms with Crippen LogP contribution >= 0.6 is 23.8 Å². The van der Waals surface area contributed by atoms with E-state index in [2.05, 4.69) is 16.0 Å². The first-order chi connectivity index (χ1) is 9.22. The molecule has 1 aromatic carbocycles. The van der Waals surface area contributed by atoms with Crippen molar-refractivity contribution < 1.29 is 0 Å². The number of aromatic nitrogens is 2. The summed E-state index contributed by atoms with van der Waals surface area (Å²) in [5, 5.41) is 0.758. The third-order valence-corrected chi connectivity index (χ3v) is 4.09. The number of nitrogens with zero attached hydrogens (tertiary/aromatic N) is 1. The van der Waals surface area contributed by atoms with E-state index in [0.29, 0.717) is 0 Å². The predicted molar refractivity (Wildman–Crippen MR) is 80.3 cm³/mol.